The SMILES string of the molecule is COc1ccc(N)cc1-n1cnc2ccccc2c1=O. The van der Waals surface area contributed by atoms with Crippen LogP contribution in [0, 0.1) is 0 Å². The molecule has 0 saturated heterocycles. The maximum atomic E-state index is 12.5. The highest BCUT2D eigenvalue weighted by atomic mass is 16.5. The van der Waals surface area contributed by atoms with Crippen LogP contribution in [0.4, 0.5) is 5.69 Å². The molecule has 1 aromatic heterocycles. The Balaban J connectivity index is 2.33. The minimum atomic E-state index is -0.153. The van der Waals surface area contributed by atoms with Gasteiger partial charge in [0.1, 0.15) is 12.1 Å². The van der Waals surface area contributed by atoms with Gasteiger partial charge in [-0.3, -0.25) is 9.36 Å². The van der Waals surface area contributed by atoms with Crippen LogP contribution in [0.1, 0.15) is 0 Å². The number of benzene rings is 2. The predicted octanol–water partition coefficient (Wildman–Crippen LogP) is 1.98. The molecule has 0 aliphatic carbocycles. The van der Waals surface area contributed by atoms with E-state index in [-0.39, 0.29) is 5.56 Å². The highest BCUT2D eigenvalue weighted by Crippen LogP contribution is 2.24. The molecule has 20 heavy (non-hydrogen) atoms. The number of nitrogen functional groups attached to an aromatic ring is 1. The van der Waals surface area contributed by atoms with E-state index in [0.717, 1.165) is 0 Å². The number of ether oxygens (including phenoxy) is 1. The number of nitrogens with zero attached hydrogens (tertiary/aromatic N) is 2. The van der Waals surface area contributed by atoms with Gasteiger partial charge >= 0.3 is 0 Å². The quantitative estimate of drug-likeness (QED) is 0.721. The molecule has 0 aliphatic heterocycles. The molecule has 0 saturated carbocycles. The van der Waals surface area contributed by atoms with Crippen LogP contribution in [-0.4, -0.2) is 16.7 Å². The smallest absolute Gasteiger partial charge is 0.265 e. The van der Waals surface area contributed by atoms with E-state index in [1.165, 1.54) is 10.9 Å². The monoisotopic (exact) mass is 267 g/mol. The zero-order valence-electron chi connectivity index (χ0n) is 10.9. The Morgan fingerprint density at radius 1 is 1.20 bits per heavy atom. The third-order valence-electron chi connectivity index (χ3n) is 3.13. The van der Waals surface area contributed by atoms with Crippen LogP contribution in [0.2, 0.25) is 0 Å². The van der Waals surface area contributed by atoms with Gasteiger partial charge in [0, 0.05) is 5.69 Å². The second-order valence-corrected chi connectivity index (χ2v) is 4.37. The Kier molecular flexibility index (Phi) is 2.87. The van der Waals surface area contributed by atoms with Gasteiger partial charge < -0.3 is 10.5 Å². The van der Waals surface area contributed by atoms with Crippen molar-refractivity contribution in [2.75, 3.05) is 12.8 Å². The minimum Gasteiger partial charge on any atom is -0.495 e. The van der Waals surface area contributed by atoms with Crippen LogP contribution in [0.3, 0.4) is 0 Å². The summed E-state index contributed by atoms with van der Waals surface area (Å²) in [7, 11) is 1.55. The summed E-state index contributed by atoms with van der Waals surface area (Å²) in [5, 5.41) is 0.555. The van der Waals surface area contributed by atoms with Crippen molar-refractivity contribution in [1.82, 2.24) is 9.55 Å². The Labute approximate surface area is 115 Å². The van der Waals surface area contributed by atoms with Crippen LogP contribution < -0.4 is 16.0 Å². The van der Waals surface area contributed by atoms with Gasteiger partial charge in [-0.25, -0.2) is 4.98 Å². The molecule has 0 unspecified atom stereocenters. The summed E-state index contributed by atoms with van der Waals surface area (Å²) < 4.78 is 6.72. The fourth-order valence-electron chi connectivity index (χ4n) is 2.14. The Morgan fingerprint density at radius 2 is 2.00 bits per heavy atom. The Hall–Kier alpha value is -2.82. The van der Waals surface area contributed by atoms with E-state index in [9.17, 15) is 4.79 Å². The number of aromatic nitrogens is 2. The predicted molar refractivity (Wildman–Crippen MR) is 78.3 cm³/mol. The van der Waals surface area contributed by atoms with Gasteiger partial charge in [0.2, 0.25) is 0 Å². The number of rotatable bonds is 2. The molecular formula is C15H13N3O2. The third kappa shape index (κ3) is 1.89. The maximum absolute atomic E-state index is 12.5. The molecule has 0 radical (unpaired) electrons. The molecule has 5 heteroatoms. The number of anilines is 1. The molecule has 0 fully saturated rings. The lowest BCUT2D eigenvalue weighted by molar-refractivity contribution is 0.412. The summed E-state index contributed by atoms with van der Waals surface area (Å²) >= 11 is 0. The zero-order valence-corrected chi connectivity index (χ0v) is 10.9. The van der Waals surface area contributed by atoms with E-state index in [4.69, 9.17) is 10.5 Å². The standard InChI is InChI=1S/C15H13N3O2/c1-20-14-7-6-10(16)8-13(14)18-9-17-12-5-3-2-4-11(12)15(18)19/h2-9H,16H2,1H3. The molecule has 0 amide bonds. The van der Waals surface area contributed by atoms with Crippen molar-refractivity contribution in [3.05, 3.63) is 59.1 Å². The number of fused-ring (bicyclic) bond motifs is 1. The molecule has 0 spiro atoms. The average Bonchev–Trinajstić information content (AvgIpc) is 2.48. The third-order valence-corrected chi connectivity index (χ3v) is 3.13. The molecule has 100 valence electrons. The van der Waals surface area contributed by atoms with Crippen LogP contribution in [0.25, 0.3) is 16.6 Å². The molecule has 2 aromatic carbocycles. The van der Waals surface area contributed by atoms with Crippen molar-refractivity contribution in [3.8, 4) is 11.4 Å². The summed E-state index contributed by atoms with van der Waals surface area (Å²) in [6.07, 6.45) is 1.49. The van der Waals surface area contributed by atoms with E-state index >= 15 is 0 Å². The van der Waals surface area contributed by atoms with Crippen molar-refractivity contribution in [2.24, 2.45) is 0 Å². The molecular weight excluding hydrogens is 254 g/mol. The van der Waals surface area contributed by atoms with Crippen molar-refractivity contribution in [2.45, 2.75) is 0 Å². The largest absolute Gasteiger partial charge is 0.495 e. The van der Waals surface area contributed by atoms with Crippen molar-refractivity contribution in [3.63, 3.8) is 0 Å². The second kappa shape index (κ2) is 4.70. The highest BCUT2D eigenvalue weighted by molar-refractivity contribution is 5.77. The Morgan fingerprint density at radius 3 is 2.80 bits per heavy atom. The van der Waals surface area contributed by atoms with Crippen LogP contribution in [0.15, 0.2) is 53.6 Å². The first-order valence-electron chi connectivity index (χ1n) is 6.11. The summed E-state index contributed by atoms with van der Waals surface area (Å²) in [6, 6.07) is 12.4. The lowest BCUT2D eigenvalue weighted by Crippen LogP contribution is -2.19. The summed E-state index contributed by atoms with van der Waals surface area (Å²) in [5.41, 5.74) is 7.44. The second-order valence-electron chi connectivity index (χ2n) is 4.37. The Bertz CT molecular complexity index is 840. The van der Waals surface area contributed by atoms with Crippen LogP contribution in [-0.2, 0) is 0 Å². The van der Waals surface area contributed by atoms with Crippen molar-refractivity contribution < 1.29 is 4.74 Å². The number of hydrogen-bond donors (Lipinski definition) is 1. The van der Waals surface area contributed by atoms with Gasteiger partial charge in [0.25, 0.3) is 5.56 Å². The fraction of sp³-hybridized carbons (Fsp3) is 0.0667. The summed E-state index contributed by atoms with van der Waals surface area (Å²) in [5.74, 6) is 0.568. The summed E-state index contributed by atoms with van der Waals surface area (Å²) in [6.45, 7) is 0. The van der Waals surface area contributed by atoms with Gasteiger partial charge in [-0.15, -0.1) is 0 Å². The van der Waals surface area contributed by atoms with E-state index in [2.05, 4.69) is 4.98 Å². The zero-order chi connectivity index (χ0) is 14.1. The first-order valence-corrected chi connectivity index (χ1v) is 6.11. The van der Waals surface area contributed by atoms with Gasteiger partial charge in [-0.05, 0) is 30.3 Å². The van der Waals surface area contributed by atoms with Crippen molar-refractivity contribution in [1.29, 1.82) is 0 Å². The van der Waals surface area contributed by atoms with Gasteiger partial charge in [-0.2, -0.15) is 0 Å². The van der Waals surface area contributed by atoms with Gasteiger partial charge in [0.05, 0.1) is 23.7 Å². The molecule has 3 rings (SSSR count). The summed E-state index contributed by atoms with van der Waals surface area (Å²) in [4.78, 5) is 16.8. The molecule has 0 aliphatic rings. The lowest BCUT2D eigenvalue weighted by atomic mass is 10.2. The molecule has 5 nitrogen and oxygen atoms in total. The first kappa shape index (κ1) is 12.2. The number of nitrogens with two attached hydrogens (primary N) is 1. The van der Waals surface area contributed by atoms with Crippen LogP contribution in [0.5, 0.6) is 5.75 Å². The van der Waals surface area contributed by atoms with Crippen LogP contribution >= 0.6 is 0 Å². The van der Waals surface area contributed by atoms with E-state index in [0.29, 0.717) is 28.0 Å². The number of hydrogen-bond acceptors (Lipinski definition) is 4. The minimum absolute atomic E-state index is 0.153. The molecule has 2 N–H and O–H groups in total. The normalized spacial score (nSPS) is 10.7. The first-order chi connectivity index (χ1) is 9.70. The van der Waals surface area contributed by atoms with Gasteiger partial charge in [-0.1, -0.05) is 12.1 Å². The average molecular weight is 267 g/mol. The molecule has 3 aromatic rings. The number of para-hydroxylation sites is 1. The van der Waals surface area contributed by atoms with E-state index in [1.807, 2.05) is 12.1 Å². The maximum Gasteiger partial charge on any atom is 0.265 e. The fourth-order valence-corrected chi connectivity index (χ4v) is 2.14. The van der Waals surface area contributed by atoms with Gasteiger partial charge in [0.15, 0.2) is 0 Å². The lowest BCUT2D eigenvalue weighted by Gasteiger charge is -2.11. The van der Waals surface area contributed by atoms with Crippen molar-refractivity contribution >= 4 is 16.6 Å². The number of methoxy groups -OCH3 is 1. The molecule has 0 bridgehead atoms. The highest BCUT2D eigenvalue weighted by Gasteiger charge is 2.10. The van der Waals surface area contributed by atoms with E-state index < -0.39 is 0 Å². The topological polar surface area (TPSA) is 70.1 Å². The van der Waals surface area contributed by atoms with E-state index in [1.54, 1.807) is 37.4 Å². The molecule has 0 atom stereocenters. The molecule has 1 heterocycles.